The summed E-state index contributed by atoms with van der Waals surface area (Å²) in [5, 5.41) is 0. The van der Waals surface area contributed by atoms with E-state index in [9.17, 15) is 4.79 Å². The highest BCUT2D eigenvalue weighted by molar-refractivity contribution is 5.96. The molecule has 0 aromatic rings. The molecule has 1 atom stereocenters. The Hall–Kier alpha value is -0.590. The first kappa shape index (κ1) is 12.5. The van der Waals surface area contributed by atoms with E-state index in [2.05, 4.69) is 19.9 Å². The molecule has 1 aliphatic carbocycles. The summed E-state index contributed by atoms with van der Waals surface area (Å²) in [6.45, 7) is 4.22. The highest BCUT2D eigenvalue weighted by atomic mass is 16.1. The van der Waals surface area contributed by atoms with Crippen LogP contribution < -0.4 is 0 Å². The van der Waals surface area contributed by atoms with Crippen molar-refractivity contribution in [2.75, 3.05) is 0 Å². The molecule has 0 aromatic heterocycles. The van der Waals surface area contributed by atoms with Gasteiger partial charge in [0.25, 0.3) is 0 Å². The van der Waals surface area contributed by atoms with E-state index < -0.39 is 0 Å². The largest absolute Gasteiger partial charge is 0.294 e. The molecule has 1 unspecified atom stereocenters. The van der Waals surface area contributed by atoms with Crippen molar-refractivity contribution in [2.45, 2.75) is 65.2 Å². The van der Waals surface area contributed by atoms with E-state index in [0.29, 0.717) is 5.78 Å². The van der Waals surface area contributed by atoms with Crippen LogP contribution >= 0.6 is 0 Å². The van der Waals surface area contributed by atoms with Crippen LogP contribution in [0.1, 0.15) is 65.2 Å². The molecule has 1 rings (SSSR count). The number of hydrogen-bond acceptors (Lipinski definition) is 1. The standard InChI is InChI=1S/C14H24O/c1-3-9-12(2)14(15)13-10-7-5-4-6-8-11-13/h10,12H,3-9,11H2,1-2H3. The smallest absolute Gasteiger partial charge is 0.161 e. The van der Waals surface area contributed by atoms with Gasteiger partial charge in [-0.05, 0) is 37.7 Å². The maximum absolute atomic E-state index is 12.1. The first-order valence-electron chi connectivity index (χ1n) is 6.49. The SMILES string of the molecule is CCCC(C)C(=O)C1=CCCCCCC1. The van der Waals surface area contributed by atoms with Crippen LogP contribution in [0.15, 0.2) is 11.6 Å². The van der Waals surface area contributed by atoms with E-state index in [1.165, 1.54) is 25.7 Å². The second-order valence-electron chi connectivity index (χ2n) is 4.74. The van der Waals surface area contributed by atoms with Crippen LogP contribution in [0.25, 0.3) is 0 Å². The molecule has 1 nitrogen and oxygen atoms in total. The van der Waals surface area contributed by atoms with Gasteiger partial charge in [0.2, 0.25) is 0 Å². The summed E-state index contributed by atoms with van der Waals surface area (Å²) >= 11 is 0. The Labute approximate surface area is 93.9 Å². The molecular weight excluding hydrogens is 184 g/mol. The number of ketones is 1. The second-order valence-corrected chi connectivity index (χ2v) is 4.74. The van der Waals surface area contributed by atoms with Gasteiger partial charge in [0.15, 0.2) is 5.78 Å². The molecule has 0 heterocycles. The minimum absolute atomic E-state index is 0.237. The van der Waals surface area contributed by atoms with Crippen molar-refractivity contribution in [1.82, 2.24) is 0 Å². The molecule has 0 spiro atoms. The van der Waals surface area contributed by atoms with Crippen molar-refractivity contribution in [3.05, 3.63) is 11.6 Å². The maximum atomic E-state index is 12.1. The van der Waals surface area contributed by atoms with Crippen LogP contribution in [-0.4, -0.2) is 5.78 Å². The van der Waals surface area contributed by atoms with E-state index in [0.717, 1.165) is 31.3 Å². The third-order valence-electron chi connectivity index (χ3n) is 3.28. The minimum atomic E-state index is 0.237. The van der Waals surface area contributed by atoms with Gasteiger partial charge in [-0.3, -0.25) is 4.79 Å². The Morgan fingerprint density at radius 1 is 1.33 bits per heavy atom. The molecular formula is C14H24O. The molecule has 0 saturated carbocycles. The van der Waals surface area contributed by atoms with Gasteiger partial charge < -0.3 is 0 Å². The van der Waals surface area contributed by atoms with Gasteiger partial charge in [-0.25, -0.2) is 0 Å². The summed E-state index contributed by atoms with van der Waals surface area (Å²) in [4.78, 5) is 12.1. The maximum Gasteiger partial charge on any atom is 0.161 e. The van der Waals surface area contributed by atoms with Gasteiger partial charge in [0.1, 0.15) is 0 Å². The third kappa shape index (κ3) is 4.19. The van der Waals surface area contributed by atoms with Crippen LogP contribution in [0, 0.1) is 5.92 Å². The van der Waals surface area contributed by atoms with Crippen molar-refractivity contribution in [3.63, 3.8) is 0 Å². The average Bonchev–Trinajstić information content (AvgIpc) is 2.16. The van der Waals surface area contributed by atoms with Crippen molar-refractivity contribution < 1.29 is 4.79 Å². The molecule has 1 aliphatic rings. The first-order chi connectivity index (χ1) is 7.25. The molecule has 0 N–H and O–H groups in total. The summed E-state index contributed by atoms with van der Waals surface area (Å²) in [6, 6.07) is 0. The number of allylic oxidation sites excluding steroid dienone is 2. The number of rotatable bonds is 4. The lowest BCUT2D eigenvalue weighted by Crippen LogP contribution is -2.14. The lowest BCUT2D eigenvalue weighted by atomic mass is 9.90. The summed E-state index contributed by atoms with van der Waals surface area (Å²) < 4.78 is 0. The van der Waals surface area contributed by atoms with Crippen LogP contribution in [0.2, 0.25) is 0 Å². The van der Waals surface area contributed by atoms with Crippen molar-refractivity contribution in [2.24, 2.45) is 5.92 Å². The zero-order valence-electron chi connectivity index (χ0n) is 10.2. The van der Waals surface area contributed by atoms with Gasteiger partial charge in [-0.2, -0.15) is 0 Å². The van der Waals surface area contributed by atoms with E-state index in [1.807, 2.05) is 0 Å². The Kier molecular flexibility index (Phi) is 5.67. The topological polar surface area (TPSA) is 17.1 Å². The minimum Gasteiger partial charge on any atom is -0.294 e. The number of carbonyl (C=O) groups excluding carboxylic acids is 1. The quantitative estimate of drug-likeness (QED) is 0.674. The Balaban J connectivity index is 2.55. The molecule has 15 heavy (non-hydrogen) atoms. The Bertz CT molecular complexity index is 227. The summed E-state index contributed by atoms with van der Waals surface area (Å²) in [6.07, 6.45) is 11.6. The lowest BCUT2D eigenvalue weighted by molar-refractivity contribution is -0.119. The molecule has 0 fully saturated rings. The zero-order valence-corrected chi connectivity index (χ0v) is 10.2. The highest BCUT2D eigenvalue weighted by Crippen LogP contribution is 2.21. The fourth-order valence-corrected chi connectivity index (χ4v) is 2.30. The fourth-order valence-electron chi connectivity index (χ4n) is 2.30. The highest BCUT2D eigenvalue weighted by Gasteiger charge is 2.16. The van der Waals surface area contributed by atoms with Crippen molar-refractivity contribution in [1.29, 1.82) is 0 Å². The number of carbonyl (C=O) groups is 1. The van der Waals surface area contributed by atoms with E-state index in [-0.39, 0.29) is 5.92 Å². The normalized spacial score (nSPS) is 20.0. The van der Waals surface area contributed by atoms with Crippen LogP contribution in [-0.2, 0) is 4.79 Å². The van der Waals surface area contributed by atoms with Gasteiger partial charge in [0.05, 0.1) is 0 Å². The Morgan fingerprint density at radius 2 is 2.07 bits per heavy atom. The zero-order chi connectivity index (χ0) is 11.1. The van der Waals surface area contributed by atoms with E-state index in [1.54, 1.807) is 0 Å². The average molecular weight is 208 g/mol. The summed E-state index contributed by atoms with van der Waals surface area (Å²) in [7, 11) is 0. The molecule has 0 aliphatic heterocycles. The fraction of sp³-hybridized carbons (Fsp3) is 0.786. The van der Waals surface area contributed by atoms with E-state index >= 15 is 0 Å². The van der Waals surface area contributed by atoms with Gasteiger partial charge in [-0.15, -0.1) is 0 Å². The van der Waals surface area contributed by atoms with Crippen molar-refractivity contribution in [3.8, 4) is 0 Å². The lowest BCUT2D eigenvalue weighted by Gasteiger charge is -2.14. The molecule has 1 heteroatoms. The molecule has 0 aromatic carbocycles. The number of Topliss-reactive ketones (excluding diaryl/α,β-unsaturated/α-hetero) is 1. The van der Waals surface area contributed by atoms with E-state index in [4.69, 9.17) is 0 Å². The van der Waals surface area contributed by atoms with Crippen LogP contribution in [0.5, 0.6) is 0 Å². The molecule has 0 amide bonds. The van der Waals surface area contributed by atoms with Gasteiger partial charge >= 0.3 is 0 Å². The molecule has 0 bridgehead atoms. The molecule has 86 valence electrons. The summed E-state index contributed by atoms with van der Waals surface area (Å²) in [5.74, 6) is 0.652. The predicted molar refractivity (Wildman–Crippen MR) is 64.9 cm³/mol. The molecule has 0 saturated heterocycles. The van der Waals surface area contributed by atoms with Gasteiger partial charge in [0, 0.05) is 5.92 Å². The van der Waals surface area contributed by atoms with Crippen molar-refractivity contribution >= 4 is 5.78 Å². The second kappa shape index (κ2) is 6.81. The molecule has 0 radical (unpaired) electrons. The van der Waals surface area contributed by atoms with Crippen LogP contribution in [0.4, 0.5) is 0 Å². The first-order valence-corrected chi connectivity index (χ1v) is 6.49. The van der Waals surface area contributed by atoms with Gasteiger partial charge in [-0.1, -0.05) is 39.2 Å². The Morgan fingerprint density at radius 3 is 2.80 bits per heavy atom. The monoisotopic (exact) mass is 208 g/mol. The summed E-state index contributed by atoms with van der Waals surface area (Å²) in [5.41, 5.74) is 1.12. The predicted octanol–water partition coefficient (Wildman–Crippen LogP) is 4.27. The third-order valence-corrected chi connectivity index (χ3v) is 3.28. The number of hydrogen-bond donors (Lipinski definition) is 0. The van der Waals surface area contributed by atoms with Crippen LogP contribution in [0.3, 0.4) is 0 Å².